The van der Waals surface area contributed by atoms with Gasteiger partial charge in [-0.15, -0.1) is 0 Å². The van der Waals surface area contributed by atoms with Gasteiger partial charge >= 0.3 is 10.2 Å². The van der Waals surface area contributed by atoms with Crippen molar-refractivity contribution < 1.29 is 12.7 Å². The Balaban J connectivity index is 4.11. The van der Waals surface area contributed by atoms with Crippen LogP contribution < -0.4 is 9.44 Å². The summed E-state index contributed by atoms with van der Waals surface area (Å²) < 4.78 is 22.2. The van der Waals surface area contributed by atoms with Crippen molar-refractivity contribution in [3.63, 3.8) is 0 Å². The van der Waals surface area contributed by atoms with Gasteiger partial charge in [0.15, 0.2) is 0 Å². The fourth-order valence-electron chi connectivity index (χ4n) is 0.967. The van der Waals surface area contributed by atoms with E-state index < -0.39 is 10.2 Å². The summed E-state index contributed by atoms with van der Waals surface area (Å²) >= 11 is 0. The topological polar surface area (TPSA) is 64.6 Å². The van der Waals surface area contributed by atoms with Crippen LogP contribution in [0.5, 0.6) is 0 Å². The summed E-state index contributed by atoms with van der Waals surface area (Å²) in [4.78, 5) is 0. The number of quaternary nitrogens is 1. The van der Waals surface area contributed by atoms with Crippen molar-refractivity contribution in [2.75, 3.05) is 13.1 Å². The predicted octanol–water partition coefficient (Wildman–Crippen LogP) is -1.11. The van der Waals surface area contributed by atoms with Gasteiger partial charge in [-0.2, -0.15) is 13.6 Å². The van der Waals surface area contributed by atoms with Gasteiger partial charge in [0.05, 0.1) is 13.1 Å². The number of hydrogen-bond donors (Lipinski definition) is 2. The zero-order chi connectivity index (χ0) is 8.91. The Morgan fingerprint density at radius 2 is 1.55 bits per heavy atom. The first-order valence-electron chi connectivity index (χ1n) is 3.89. The molecule has 0 atom stereocenters. The van der Waals surface area contributed by atoms with Crippen molar-refractivity contribution in [3.05, 3.63) is 0 Å². The smallest absolute Gasteiger partial charge is 0.216 e. The van der Waals surface area contributed by atoms with E-state index in [9.17, 15) is 8.42 Å². The third kappa shape index (κ3) is 4.34. The third-order valence-electron chi connectivity index (χ3n) is 1.46. The SMILES string of the molecule is CCC[NH+](CCC)S(N)(=O)=O. The van der Waals surface area contributed by atoms with Crippen LogP contribution in [-0.2, 0) is 10.2 Å². The van der Waals surface area contributed by atoms with Crippen LogP contribution in [0.1, 0.15) is 26.7 Å². The molecule has 0 heterocycles. The van der Waals surface area contributed by atoms with E-state index >= 15 is 0 Å². The summed E-state index contributed by atoms with van der Waals surface area (Å²) in [5.41, 5.74) is 0. The van der Waals surface area contributed by atoms with E-state index in [0.717, 1.165) is 12.8 Å². The van der Waals surface area contributed by atoms with Crippen LogP contribution in [0.2, 0.25) is 0 Å². The average Bonchev–Trinajstić information content (AvgIpc) is 1.85. The Morgan fingerprint density at radius 3 is 1.73 bits per heavy atom. The molecule has 0 aromatic carbocycles. The van der Waals surface area contributed by atoms with E-state index in [1.807, 2.05) is 13.8 Å². The molecule has 0 aliphatic heterocycles. The van der Waals surface area contributed by atoms with Gasteiger partial charge < -0.3 is 0 Å². The molecule has 0 unspecified atom stereocenters. The monoisotopic (exact) mass is 181 g/mol. The van der Waals surface area contributed by atoms with Gasteiger partial charge in [-0.25, -0.2) is 4.31 Å². The normalized spacial score (nSPS) is 12.4. The average molecular weight is 181 g/mol. The van der Waals surface area contributed by atoms with Crippen LogP contribution in [-0.4, -0.2) is 21.5 Å². The van der Waals surface area contributed by atoms with E-state index in [1.54, 1.807) is 0 Å². The van der Waals surface area contributed by atoms with Crippen molar-refractivity contribution in [2.24, 2.45) is 5.14 Å². The number of nitrogens with two attached hydrogens (primary N) is 1. The van der Waals surface area contributed by atoms with Gasteiger partial charge in [0.25, 0.3) is 0 Å². The molecule has 0 radical (unpaired) electrons. The largest absolute Gasteiger partial charge is 0.365 e. The molecular weight excluding hydrogens is 164 g/mol. The lowest BCUT2D eigenvalue weighted by atomic mass is 10.4. The molecule has 4 nitrogen and oxygen atoms in total. The molecule has 0 spiro atoms. The standard InChI is InChI=1S/C6H16N2O2S/c1-3-5-8(6-4-2)11(7,9)10/h3-6H2,1-2H3,(H2,7,9,10)/p+1. The van der Waals surface area contributed by atoms with E-state index in [0.29, 0.717) is 17.4 Å². The second-order valence-electron chi connectivity index (χ2n) is 2.58. The second-order valence-corrected chi connectivity index (χ2v) is 4.25. The maximum Gasteiger partial charge on any atom is 0.365 e. The Morgan fingerprint density at radius 1 is 1.18 bits per heavy atom. The van der Waals surface area contributed by atoms with Crippen LogP contribution in [0.25, 0.3) is 0 Å². The molecule has 0 saturated carbocycles. The first kappa shape index (κ1) is 10.9. The fourth-order valence-corrected chi connectivity index (χ4v) is 1.94. The highest BCUT2D eigenvalue weighted by molar-refractivity contribution is 7.82. The van der Waals surface area contributed by atoms with Crippen LogP contribution >= 0.6 is 0 Å². The summed E-state index contributed by atoms with van der Waals surface area (Å²) in [5, 5.41) is 4.99. The molecule has 0 rings (SSSR count). The van der Waals surface area contributed by atoms with Crippen LogP contribution in [0.15, 0.2) is 0 Å². The highest BCUT2D eigenvalue weighted by Gasteiger charge is 2.18. The molecule has 0 aliphatic rings. The molecule has 68 valence electrons. The van der Waals surface area contributed by atoms with Crippen molar-refractivity contribution in [2.45, 2.75) is 26.7 Å². The van der Waals surface area contributed by atoms with Gasteiger partial charge in [0.2, 0.25) is 0 Å². The van der Waals surface area contributed by atoms with E-state index in [2.05, 4.69) is 0 Å². The summed E-state index contributed by atoms with van der Waals surface area (Å²) in [6.07, 6.45) is 1.68. The molecule has 0 bridgehead atoms. The maximum atomic E-state index is 10.9. The minimum atomic E-state index is -3.37. The highest BCUT2D eigenvalue weighted by Crippen LogP contribution is 1.71. The molecule has 0 aliphatic carbocycles. The molecule has 0 saturated heterocycles. The van der Waals surface area contributed by atoms with Crippen molar-refractivity contribution >= 4 is 10.2 Å². The Hall–Kier alpha value is -0.130. The zero-order valence-corrected chi connectivity index (χ0v) is 7.95. The van der Waals surface area contributed by atoms with Gasteiger partial charge in [0.1, 0.15) is 0 Å². The number of nitrogens with one attached hydrogen (secondary N) is 1. The van der Waals surface area contributed by atoms with Crippen molar-refractivity contribution in [1.82, 2.24) is 0 Å². The van der Waals surface area contributed by atoms with E-state index in [1.165, 1.54) is 0 Å². The minimum absolute atomic E-state index is 0.488. The quantitative estimate of drug-likeness (QED) is 0.565. The molecular formula is C6H17N2O2S+. The van der Waals surface area contributed by atoms with Crippen LogP contribution in [0, 0.1) is 0 Å². The van der Waals surface area contributed by atoms with Crippen molar-refractivity contribution in [3.8, 4) is 0 Å². The summed E-state index contributed by atoms with van der Waals surface area (Å²) in [6.45, 7) is 5.10. The maximum absolute atomic E-state index is 10.9. The Bertz CT molecular complexity index is 183. The lowest BCUT2D eigenvalue weighted by Gasteiger charge is -2.13. The van der Waals surface area contributed by atoms with Gasteiger partial charge in [0, 0.05) is 0 Å². The van der Waals surface area contributed by atoms with Crippen LogP contribution in [0.4, 0.5) is 0 Å². The summed E-state index contributed by atoms with van der Waals surface area (Å²) in [5.74, 6) is 0. The molecule has 0 fully saturated rings. The van der Waals surface area contributed by atoms with Gasteiger partial charge in [-0.1, -0.05) is 13.8 Å². The number of hydrogen-bond acceptors (Lipinski definition) is 2. The lowest BCUT2D eigenvalue weighted by molar-refractivity contribution is -0.767. The first-order valence-corrected chi connectivity index (χ1v) is 5.44. The first-order chi connectivity index (χ1) is 5.02. The molecule has 0 aromatic heterocycles. The number of rotatable bonds is 5. The summed E-state index contributed by atoms with van der Waals surface area (Å²) in [6, 6.07) is 0. The van der Waals surface area contributed by atoms with Gasteiger partial charge in [-0.05, 0) is 12.8 Å². The predicted molar refractivity (Wildman–Crippen MR) is 44.4 cm³/mol. The minimum Gasteiger partial charge on any atom is -0.216 e. The molecule has 5 heteroatoms. The lowest BCUT2D eigenvalue weighted by Crippen LogP contribution is -3.15. The fraction of sp³-hybridized carbons (Fsp3) is 1.00. The second kappa shape index (κ2) is 4.69. The Labute approximate surface area is 68.6 Å². The molecule has 3 N–H and O–H groups in total. The van der Waals surface area contributed by atoms with E-state index in [-0.39, 0.29) is 0 Å². The van der Waals surface area contributed by atoms with E-state index in [4.69, 9.17) is 5.14 Å². The summed E-state index contributed by atoms with van der Waals surface area (Å²) in [7, 11) is -3.37. The van der Waals surface area contributed by atoms with Crippen molar-refractivity contribution in [1.29, 1.82) is 0 Å². The third-order valence-corrected chi connectivity index (χ3v) is 2.67. The van der Waals surface area contributed by atoms with Gasteiger partial charge in [-0.3, -0.25) is 0 Å². The molecule has 0 aromatic rings. The van der Waals surface area contributed by atoms with Crippen LogP contribution in [0.3, 0.4) is 0 Å². The highest BCUT2D eigenvalue weighted by atomic mass is 32.2. The Kier molecular flexibility index (Phi) is 4.63. The molecule has 11 heavy (non-hydrogen) atoms. The zero-order valence-electron chi connectivity index (χ0n) is 7.13. The molecule has 0 amide bonds.